The van der Waals surface area contributed by atoms with Gasteiger partial charge in [0, 0.05) is 44.8 Å². The van der Waals surface area contributed by atoms with Crippen molar-refractivity contribution >= 4 is 23.5 Å². The molecular weight excluding hydrogens is 342 g/mol. The molecule has 0 radical (unpaired) electrons. The van der Waals surface area contributed by atoms with Crippen LogP contribution in [0.1, 0.15) is 23.2 Å². The van der Waals surface area contributed by atoms with Gasteiger partial charge < -0.3 is 19.4 Å². The molecule has 0 aliphatic carbocycles. The van der Waals surface area contributed by atoms with Crippen LogP contribution >= 0.6 is 11.6 Å². The average Bonchev–Trinajstić information content (AvgIpc) is 2.92. The summed E-state index contributed by atoms with van der Waals surface area (Å²) < 4.78 is 5.34. The van der Waals surface area contributed by atoms with Crippen molar-refractivity contribution in [3.8, 4) is 5.75 Å². The Hall–Kier alpha value is -1.95. The van der Waals surface area contributed by atoms with E-state index in [1.807, 2.05) is 9.80 Å². The van der Waals surface area contributed by atoms with Gasteiger partial charge in [-0.3, -0.25) is 4.79 Å². The first-order chi connectivity index (χ1) is 11.9. The van der Waals surface area contributed by atoms with Gasteiger partial charge in [-0.1, -0.05) is 11.6 Å². The van der Waals surface area contributed by atoms with Crippen molar-refractivity contribution in [2.45, 2.75) is 18.9 Å². The molecule has 3 amide bonds. The summed E-state index contributed by atoms with van der Waals surface area (Å²) in [5.41, 5.74) is 0.480. The van der Waals surface area contributed by atoms with Crippen LogP contribution in [0.4, 0.5) is 4.79 Å². The summed E-state index contributed by atoms with van der Waals surface area (Å²) in [4.78, 5) is 30.9. The van der Waals surface area contributed by atoms with Gasteiger partial charge in [-0.25, -0.2) is 4.79 Å². The zero-order valence-corrected chi connectivity index (χ0v) is 15.6. The molecule has 3 saturated heterocycles. The van der Waals surface area contributed by atoms with Crippen LogP contribution in [-0.4, -0.2) is 73.5 Å². The number of hydrogen-bond acceptors (Lipinski definition) is 3. The highest BCUT2D eigenvalue weighted by Crippen LogP contribution is 2.32. The Morgan fingerprint density at radius 2 is 1.96 bits per heavy atom. The van der Waals surface area contributed by atoms with Gasteiger partial charge in [0.25, 0.3) is 5.91 Å². The number of rotatable bonds is 2. The highest BCUT2D eigenvalue weighted by Gasteiger charge is 2.39. The quantitative estimate of drug-likeness (QED) is 0.809. The van der Waals surface area contributed by atoms with Gasteiger partial charge in [-0.05, 0) is 37.0 Å². The molecule has 0 N–H and O–H groups in total. The zero-order chi connectivity index (χ0) is 18.1. The predicted molar refractivity (Wildman–Crippen MR) is 96.2 cm³/mol. The molecular formula is C18H24ClN3O3. The van der Waals surface area contributed by atoms with Gasteiger partial charge >= 0.3 is 6.03 Å². The number of amides is 3. The topological polar surface area (TPSA) is 53.1 Å². The van der Waals surface area contributed by atoms with Gasteiger partial charge in [-0.2, -0.15) is 0 Å². The van der Waals surface area contributed by atoms with Crippen molar-refractivity contribution in [2.24, 2.45) is 5.92 Å². The van der Waals surface area contributed by atoms with Gasteiger partial charge in [0.2, 0.25) is 0 Å². The molecule has 0 saturated carbocycles. The molecule has 3 fully saturated rings. The van der Waals surface area contributed by atoms with Crippen molar-refractivity contribution in [3.05, 3.63) is 28.8 Å². The molecule has 3 aliphatic heterocycles. The standard InChI is InChI=1S/C18H24ClN3O3/c1-20(2)18(24)21-9-12-4-6-14(11-21)22(10-12)17(23)15-8-13(19)5-7-16(15)25-3/h5,7-8,12,14H,4,6,9-11H2,1-3H3/t12-,14+/m0/s1. The minimum atomic E-state index is -0.0757. The Morgan fingerprint density at radius 3 is 2.64 bits per heavy atom. The molecule has 25 heavy (non-hydrogen) atoms. The number of halogens is 1. The van der Waals surface area contributed by atoms with E-state index in [0.717, 1.165) is 12.8 Å². The second-order valence-corrected chi connectivity index (χ2v) is 7.42. The van der Waals surface area contributed by atoms with Crippen LogP contribution in [0.15, 0.2) is 18.2 Å². The van der Waals surface area contributed by atoms with E-state index in [0.29, 0.717) is 41.9 Å². The van der Waals surface area contributed by atoms with Crippen LogP contribution in [-0.2, 0) is 0 Å². The van der Waals surface area contributed by atoms with E-state index in [9.17, 15) is 9.59 Å². The van der Waals surface area contributed by atoms with Crippen molar-refractivity contribution in [2.75, 3.05) is 40.8 Å². The van der Waals surface area contributed by atoms with E-state index >= 15 is 0 Å². The van der Waals surface area contributed by atoms with E-state index in [-0.39, 0.29) is 18.0 Å². The molecule has 3 heterocycles. The minimum Gasteiger partial charge on any atom is -0.496 e. The minimum absolute atomic E-state index is 0.00605. The maximum absolute atomic E-state index is 13.2. The third-order valence-electron chi connectivity index (χ3n) is 5.02. The van der Waals surface area contributed by atoms with Crippen molar-refractivity contribution < 1.29 is 14.3 Å². The zero-order valence-electron chi connectivity index (χ0n) is 14.9. The summed E-state index contributed by atoms with van der Waals surface area (Å²) in [5, 5.41) is 0.508. The maximum atomic E-state index is 13.2. The SMILES string of the molecule is COc1ccc(Cl)cc1C(=O)N1C[C@H]2CC[C@@H]1CN(C(=O)N(C)C)C2. The monoisotopic (exact) mass is 365 g/mol. The summed E-state index contributed by atoms with van der Waals surface area (Å²) in [6, 6.07) is 5.12. The van der Waals surface area contributed by atoms with Crippen LogP contribution in [0.5, 0.6) is 5.75 Å². The fourth-order valence-electron chi connectivity index (χ4n) is 3.77. The molecule has 0 aromatic heterocycles. The van der Waals surface area contributed by atoms with Crippen LogP contribution in [0.25, 0.3) is 0 Å². The Bertz CT molecular complexity index is 680. The molecule has 1 aromatic carbocycles. The van der Waals surface area contributed by atoms with E-state index in [2.05, 4.69) is 0 Å². The number of urea groups is 1. The molecule has 3 aliphatic rings. The van der Waals surface area contributed by atoms with E-state index < -0.39 is 0 Å². The van der Waals surface area contributed by atoms with Crippen LogP contribution in [0.2, 0.25) is 5.02 Å². The number of ether oxygens (including phenoxy) is 1. The number of nitrogens with zero attached hydrogens (tertiary/aromatic N) is 3. The number of hydrogen-bond donors (Lipinski definition) is 0. The second kappa shape index (κ2) is 7.12. The summed E-state index contributed by atoms with van der Waals surface area (Å²) in [5.74, 6) is 0.751. The van der Waals surface area contributed by atoms with Crippen molar-refractivity contribution in [1.29, 1.82) is 0 Å². The summed E-state index contributed by atoms with van der Waals surface area (Å²) in [7, 11) is 5.07. The lowest BCUT2D eigenvalue weighted by molar-refractivity contribution is 0.0582. The molecule has 0 unspecified atom stereocenters. The number of fused-ring (bicyclic) bond motifs is 4. The molecule has 0 spiro atoms. The van der Waals surface area contributed by atoms with Crippen molar-refractivity contribution in [1.82, 2.24) is 14.7 Å². The Balaban J connectivity index is 1.85. The fourth-order valence-corrected chi connectivity index (χ4v) is 3.94. The van der Waals surface area contributed by atoms with Gasteiger partial charge in [-0.15, -0.1) is 0 Å². The molecule has 1 aromatic rings. The summed E-state index contributed by atoms with van der Waals surface area (Å²) >= 11 is 6.08. The number of carbonyl (C=O) groups excluding carboxylic acids is 2. The van der Waals surface area contributed by atoms with Crippen molar-refractivity contribution in [3.63, 3.8) is 0 Å². The maximum Gasteiger partial charge on any atom is 0.319 e. The Kier molecular flexibility index (Phi) is 5.08. The highest BCUT2D eigenvalue weighted by molar-refractivity contribution is 6.31. The third kappa shape index (κ3) is 3.54. The normalized spacial score (nSPS) is 22.6. The molecule has 2 atom stereocenters. The third-order valence-corrected chi connectivity index (χ3v) is 5.25. The molecule has 6 nitrogen and oxygen atoms in total. The van der Waals surface area contributed by atoms with E-state index in [4.69, 9.17) is 16.3 Å². The van der Waals surface area contributed by atoms with Crippen LogP contribution < -0.4 is 4.74 Å². The summed E-state index contributed by atoms with van der Waals surface area (Å²) in [6.07, 6.45) is 1.95. The fraction of sp³-hybridized carbons (Fsp3) is 0.556. The van der Waals surface area contributed by atoms with Crippen LogP contribution in [0, 0.1) is 5.92 Å². The Morgan fingerprint density at radius 1 is 1.20 bits per heavy atom. The van der Waals surface area contributed by atoms with Gasteiger partial charge in [0.15, 0.2) is 0 Å². The molecule has 136 valence electrons. The number of methoxy groups -OCH3 is 1. The lowest BCUT2D eigenvalue weighted by Gasteiger charge is -2.36. The van der Waals surface area contributed by atoms with Gasteiger partial charge in [0.1, 0.15) is 5.75 Å². The molecule has 2 bridgehead atoms. The Labute approximate surface area is 153 Å². The highest BCUT2D eigenvalue weighted by atomic mass is 35.5. The van der Waals surface area contributed by atoms with Gasteiger partial charge in [0.05, 0.1) is 12.7 Å². The second-order valence-electron chi connectivity index (χ2n) is 6.98. The van der Waals surface area contributed by atoms with E-state index in [1.165, 1.54) is 0 Å². The smallest absolute Gasteiger partial charge is 0.319 e. The molecule has 4 rings (SSSR count). The van der Waals surface area contributed by atoms with Crippen LogP contribution in [0.3, 0.4) is 0 Å². The largest absolute Gasteiger partial charge is 0.496 e. The first kappa shape index (κ1) is 17.9. The number of piperidine rings is 1. The lowest BCUT2D eigenvalue weighted by Crippen LogP contribution is -2.48. The first-order valence-corrected chi connectivity index (χ1v) is 8.89. The lowest BCUT2D eigenvalue weighted by atomic mass is 9.94. The molecule has 7 heteroatoms. The first-order valence-electron chi connectivity index (χ1n) is 8.51. The average molecular weight is 366 g/mol. The summed E-state index contributed by atoms with van der Waals surface area (Å²) in [6.45, 7) is 1.93. The predicted octanol–water partition coefficient (Wildman–Crippen LogP) is 2.57. The number of carbonyl (C=O) groups is 2. The van der Waals surface area contributed by atoms with E-state index in [1.54, 1.807) is 44.3 Å². The number of benzene rings is 1.